The number of amides is 1. The zero-order valence-electron chi connectivity index (χ0n) is 24.0. The number of ether oxygens (including phenoxy) is 3. The molecule has 0 aromatic carbocycles. The third kappa shape index (κ3) is 6.40. The van der Waals surface area contributed by atoms with E-state index in [1.807, 2.05) is 27.0 Å². The summed E-state index contributed by atoms with van der Waals surface area (Å²) in [7, 11) is 0. The molecule has 2 unspecified atom stereocenters. The molecular weight excluding hydrogens is 546 g/mol. The number of hydrogen-bond acceptors (Lipinski definition) is 10. The van der Waals surface area contributed by atoms with E-state index in [4.69, 9.17) is 31.5 Å². The summed E-state index contributed by atoms with van der Waals surface area (Å²) in [4.78, 5) is 23.4. The molecule has 2 atom stereocenters. The van der Waals surface area contributed by atoms with Gasteiger partial charge in [-0.25, -0.2) is 9.78 Å². The molecule has 5 heterocycles. The van der Waals surface area contributed by atoms with Gasteiger partial charge in [0.25, 0.3) is 0 Å². The number of nitrogens with zero attached hydrogens (tertiary/aromatic N) is 6. The number of likely N-dealkylation sites (tertiary alicyclic amines) is 1. The van der Waals surface area contributed by atoms with E-state index in [2.05, 4.69) is 37.1 Å². The molecule has 1 amide bonds. The first-order valence-corrected chi connectivity index (χ1v) is 15.1. The van der Waals surface area contributed by atoms with Gasteiger partial charge >= 0.3 is 6.09 Å². The molecule has 6 rings (SSSR count). The van der Waals surface area contributed by atoms with Crippen molar-refractivity contribution in [1.82, 2.24) is 20.1 Å². The first kappa shape index (κ1) is 28.1. The summed E-state index contributed by atoms with van der Waals surface area (Å²) in [6.07, 6.45) is 7.66. The molecule has 3 saturated heterocycles. The molecule has 2 aromatic heterocycles. The highest BCUT2D eigenvalue weighted by molar-refractivity contribution is 6.29. The fourth-order valence-corrected chi connectivity index (χ4v) is 6.58. The third-order valence-corrected chi connectivity index (χ3v) is 8.61. The Bertz CT molecular complexity index is 1230. The number of anilines is 3. The van der Waals surface area contributed by atoms with Crippen molar-refractivity contribution in [2.45, 2.75) is 95.3 Å². The maximum Gasteiger partial charge on any atom is 0.410 e. The normalized spacial score (nSPS) is 26.6. The van der Waals surface area contributed by atoms with E-state index in [1.54, 1.807) is 11.0 Å². The van der Waals surface area contributed by atoms with Gasteiger partial charge in [0.1, 0.15) is 11.7 Å². The van der Waals surface area contributed by atoms with Crippen LogP contribution in [0.4, 0.5) is 22.0 Å². The fourth-order valence-electron chi connectivity index (χ4n) is 6.44. The Hall–Kier alpha value is -3.05. The molecule has 1 saturated carbocycles. The van der Waals surface area contributed by atoms with Crippen LogP contribution in [0.15, 0.2) is 24.4 Å². The molecule has 11 nitrogen and oxygen atoms in total. The lowest BCUT2D eigenvalue weighted by Gasteiger charge is -2.43. The van der Waals surface area contributed by atoms with Gasteiger partial charge in [-0.3, -0.25) is 0 Å². The second-order valence-corrected chi connectivity index (χ2v) is 13.0. The first-order valence-electron chi connectivity index (χ1n) is 14.7. The van der Waals surface area contributed by atoms with Gasteiger partial charge in [-0.2, -0.15) is 0 Å². The number of aromatic nitrogens is 3. The number of pyridine rings is 1. The number of fused-ring (bicyclic) bond motifs is 2. The van der Waals surface area contributed by atoms with Crippen LogP contribution in [0.25, 0.3) is 0 Å². The van der Waals surface area contributed by atoms with Crippen molar-refractivity contribution in [2.75, 3.05) is 41.7 Å². The summed E-state index contributed by atoms with van der Waals surface area (Å²) in [6.45, 7) is 8.70. The van der Waals surface area contributed by atoms with E-state index in [0.29, 0.717) is 42.0 Å². The number of nitrogens with two attached hydrogens (primary N) is 1. The zero-order valence-corrected chi connectivity index (χ0v) is 24.8. The molecule has 3 aliphatic heterocycles. The van der Waals surface area contributed by atoms with E-state index in [1.165, 1.54) is 0 Å². The van der Waals surface area contributed by atoms with Crippen molar-refractivity contribution >= 4 is 34.9 Å². The van der Waals surface area contributed by atoms with Gasteiger partial charge in [0.2, 0.25) is 5.88 Å². The molecule has 4 fully saturated rings. The number of carbonyl (C=O) groups is 1. The molecule has 1 aliphatic carbocycles. The molecule has 0 spiro atoms. The van der Waals surface area contributed by atoms with Crippen molar-refractivity contribution in [3.8, 4) is 5.88 Å². The highest BCUT2D eigenvalue weighted by Crippen LogP contribution is 2.39. The number of nitrogen functional groups attached to an aromatic ring is 1. The lowest BCUT2D eigenvalue weighted by Crippen LogP contribution is -2.54. The topological polar surface area (TPSA) is 119 Å². The SMILES string of the molecule is CC(C)(C)OC(=O)N1CCC(O[C@H]2C[C@H](Oc3cc(N4C5CCC4CN(c4cc(Cl)nnc4N)C5)ccn3)C2)CC1. The summed E-state index contributed by atoms with van der Waals surface area (Å²) in [5.41, 5.74) is 7.64. The van der Waals surface area contributed by atoms with Gasteiger partial charge in [-0.15, -0.1) is 10.2 Å². The summed E-state index contributed by atoms with van der Waals surface area (Å²) in [5.74, 6) is 1.07. The molecule has 0 radical (unpaired) electrons. The van der Waals surface area contributed by atoms with Crippen molar-refractivity contribution in [2.24, 2.45) is 0 Å². The van der Waals surface area contributed by atoms with Gasteiger partial charge in [0.05, 0.1) is 17.9 Å². The quantitative estimate of drug-likeness (QED) is 0.525. The van der Waals surface area contributed by atoms with Gasteiger partial charge in [-0.1, -0.05) is 11.6 Å². The number of carbonyl (C=O) groups excluding carboxylic acids is 1. The van der Waals surface area contributed by atoms with Crippen LogP contribution in [-0.4, -0.2) is 88.4 Å². The van der Waals surface area contributed by atoms with E-state index >= 15 is 0 Å². The van der Waals surface area contributed by atoms with Crippen LogP contribution in [-0.2, 0) is 9.47 Å². The summed E-state index contributed by atoms with van der Waals surface area (Å²) in [5, 5.41) is 8.21. The van der Waals surface area contributed by atoms with Crippen molar-refractivity contribution in [1.29, 1.82) is 0 Å². The maximum atomic E-state index is 12.3. The van der Waals surface area contributed by atoms with E-state index < -0.39 is 5.60 Å². The third-order valence-electron chi connectivity index (χ3n) is 8.43. The van der Waals surface area contributed by atoms with Crippen LogP contribution in [0.5, 0.6) is 5.88 Å². The minimum Gasteiger partial charge on any atom is -0.474 e. The molecule has 4 aliphatic rings. The monoisotopic (exact) mass is 585 g/mol. The summed E-state index contributed by atoms with van der Waals surface area (Å²) in [6, 6.07) is 6.67. The van der Waals surface area contributed by atoms with Crippen molar-refractivity contribution in [3.63, 3.8) is 0 Å². The largest absolute Gasteiger partial charge is 0.474 e. The second-order valence-electron chi connectivity index (χ2n) is 12.6. The van der Waals surface area contributed by atoms with E-state index in [9.17, 15) is 4.79 Å². The highest BCUT2D eigenvalue weighted by atomic mass is 35.5. The number of halogens is 1. The Morgan fingerprint density at radius 1 is 1.00 bits per heavy atom. The molecule has 12 heteroatoms. The van der Waals surface area contributed by atoms with Crippen molar-refractivity contribution in [3.05, 3.63) is 29.5 Å². The predicted octanol–water partition coefficient (Wildman–Crippen LogP) is 4.29. The Morgan fingerprint density at radius 3 is 2.39 bits per heavy atom. The molecule has 2 bridgehead atoms. The van der Waals surface area contributed by atoms with Gasteiger partial charge in [0, 0.05) is 75.1 Å². The van der Waals surface area contributed by atoms with Crippen molar-refractivity contribution < 1.29 is 19.0 Å². The van der Waals surface area contributed by atoms with Crippen LogP contribution in [0.1, 0.15) is 59.3 Å². The van der Waals surface area contributed by atoms with Crippen LogP contribution in [0.3, 0.4) is 0 Å². The highest BCUT2D eigenvalue weighted by Gasteiger charge is 2.41. The fraction of sp³-hybridized carbons (Fsp3) is 0.655. The standard InChI is InChI=1S/C29H40ClN7O4/c1-29(2,3)41-28(38)35-10-7-21(8-11-35)39-22-13-23(14-22)40-26-12-18(6-9-32-26)37-19-4-5-20(37)17-36(16-19)24-15-25(30)33-34-27(24)31/h6,9,12,15,19-23H,4-5,7-8,10-11,13-14,16-17H2,1-3H3,(H2,31,34)/t19?,20?,22-,23-. The average molecular weight is 586 g/mol. The van der Waals surface area contributed by atoms with E-state index in [-0.39, 0.29) is 24.4 Å². The Labute approximate surface area is 246 Å². The second kappa shape index (κ2) is 11.3. The minimum atomic E-state index is -0.475. The average Bonchev–Trinajstić information content (AvgIpc) is 3.17. The smallest absolute Gasteiger partial charge is 0.410 e. The van der Waals surface area contributed by atoms with Gasteiger partial charge < -0.3 is 34.6 Å². The lowest BCUT2D eigenvalue weighted by atomic mass is 9.91. The minimum absolute atomic E-state index is 0.102. The molecule has 222 valence electrons. The Balaban J connectivity index is 0.976. The first-order chi connectivity index (χ1) is 19.6. The van der Waals surface area contributed by atoms with Crippen LogP contribution < -0.4 is 20.3 Å². The Morgan fingerprint density at radius 2 is 1.71 bits per heavy atom. The van der Waals surface area contributed by atoms with E-state index in [0.717, 1.165) is 63.0 Å². The van der Waals surface area contributed by atoms with Crippen LogP contribution >= 0.6 is 11.6 Å². The van der Waals surface area contributed by atoms with Crippen LogP contribution in [0.2, 0.25) is 5.15 Å². The maximum absolute atomic E-state index is 12.3. The van der Waals surface area contributed by atoms with Crippen LogP contribution in [0, 0.1) is 0 Å². The molecule has 2 N–H and O–H groups in total. The number of rotatable bonds is 6. The zero-order chi connectivity index (χ0) is 28.7. The Kier molecular flexibility index (Phi) is 7.76. The summed E-state index contributed by atoms with van der Waals surface area (Å²) < 4.78 is 18.1. The van der Waals surface area contributed by atoms with Gasteiger partial charge in [0.15, 0.2) is 11.0 Å². The number of piperazine rings is 1. The summed E-state index contributed by atoms with van der Waals surface area (Å²) >= 11 is 6.10. The molecular formula is C29H40ClN7O4. The van der Waals surface area contributed by atoms with Gasteiger partial charge in [-0.05, 0) is 52.5 Å². The number of piperidine rings is 1. The molecule has 2 aromatic rings. The number of hydrogen-bond donors (Lipinski definition) is 1. The lowest BCUT2D eigenvalue weighted by molar-refractivity contribution is -0.110. The molecule has 41 heavy (non-hydrogen) atoms. The predicted molar refractivity (Wildman–Crippen MR) is 157 cm³/mol.